The molecule has 1 saturated carbocycles. The first-order valence-corrected chi connectivity index (χ1v) is 9.60. The quantitative estimate of drug-likeness (QED) is 0.584. The van der Waals surface area contributed by atoms with Crippen LogP contribution in [0.1, 0.15) is 36.6 Å². The molecule has 1 aliphatic rings. The van der Waals surface area contributed by atoms with Crippen molar-refractivity contribution in [1.29, 1.82) is 0 Å². The van der Waals surface area contributed by atoms with Gasteiger partial charge in [-0.15, -0.1) is 0 Å². The minimum atomic E-state index is -4.49. The second-order valence-corrected chi connectivity index (χ2v) is 7.60. The largest absolute Gasteiger partial charge is 0.435 e. The number of amides is 1. The highest BCUT2D eigenvalue weighted by Crippen LogP contribution is 2.42. The number of hydrogen-bond donors (Lipinski definition) is 1. The number of fused-ring (bicyclic) bond motifs is 1. The molecule has 1 aliphatic carbocycles. The average Bonchev–Trinajstić information content (AvgIpc) is 3.40. The van der Waals surface area contributed by atoms with Crippen LogP contribution in [0.15, 0.2) is 41.0 Å². The summed E-state index contributed by atoms with van der Waals surface area (Å²) >= 11 is 3.45. The molecule has 4 rings (SSSR count). The van der Waals surface area contributed by atoms with E-state index in [1.165, 1.54) is 4.68 Å². The van der Waals surface area contributed by atoms with Gasteiger partial charge >= 0.3 is 6.18 Å². The van der Waals surface area contributed by atoms with Gasteiger partial charge in [0.05, 0.1) is 11.2 Å². The first kappa shape index (κ1) is 18.9. The Morgan fingerprint density at radius 3 is 2.79 bits per heavy atom. The first-order chi connectivity index (χ1) is 13.3. The Balaban J connectivity index is 1.49. The molecule has 1 fully saturated rings. The van der Waals surface area contributed by atoms with Crippen molar-refractivity contribution >= 4 is 38.4 Å². The Labute approximate surface area is 167 Å². The van der Waals surface area contributed by atoms with Crippen LogP contribution >= 0.6 is 15.9 Å². The third kappa shape index (κ3) is 3.89. The number of benzene rings is 1. The van der Waals surface area contributed by atoms with Crippen molar-refractivity contribution < 1.29 is 18.0 Å². The number of rotatable bonds is 5. The molecule has 2 aromatic heterocycles. The van der Waals surface area contributed by atoms with E-state index >= 15 is 0 Å². The summed E-state index contributed by atoms with van der Waals surface area (Å²) in [7, 11) is 0. The van der Waals surface area contributed by atoms with Gasteiger partial charge in [0.25, 0.3) is 0 Å². The van der Waals surface area contributed by atoms with Crippen molar-refractivity contribution in [1.82, 2.24) is 14.8 Å². The fourth-order valence-corrected chi connectivity index (χ4v) is 3.57. The molecule has 3 aromatic rings. The number of nitrogens with one attached hydrogen (secondary N) is 1. The Morgan fingerprint density at radius 1 is 1.29 bits per heavy atom. The zero-order valence-electron chi connectivity index (χ0n) is 14.6. The maximum atomic E-state index is 13.0. The van der Waals surface area contributed by atoms with Gasteiger partial charge in [-0.05, 0) is 37.1 Å². The molecule has 146 valence electrons. The first-order valence-electron chi connectivity index (χ1n) is 8.81. The minimum absolute atomic E-state index is 0.0170. The van der Waals surface area contributed by atoms with E-state index in [2.05, 4.69) is 31.3 Å². The molecule has 1 aromatic carbocycles. The van der Waals surface area contributed by atoms with Crippen LogP contribution in [0.2, 0.25) is 0 Å². The number of carbonyl (C=O) groups is 1. The summed E-state index contributed by atoms with van der Waals surface area (Å²) < 4.78 is 41.1. The normalized spacial score (nSPS) is 14.4. The van der Waals surface area contributed by atoms with Crippen LogP contribution in [0, 0.1) is 0 Å². The van der Waals surface area contributed by atoms with Crippen molar-refractivity contribution in [3.63, 3.8) is 0 Å². The van der Waals surface area contributed by atoms with Crippen LogP contribution in [0.3, 0.4) is 0 Å². The van der Waals surface area contributed by atoms with Crippen molar-refractivity contribution in [3.8, 4) is 0 Å². The Morgan fingerprint density at radius 2 is 2.07 bits per heavy atom. The van der Waals surface area contributed by atoms with Gasteiger partial charge in [0, 0.05) is 40.6 Å². The third-order valence-electron chi connectivity index (χ3n) is 4.64. The Kier molecular flexibility index (Phi) is 4.86. The smallest absolute Gasteiger partial charge is 0.324 e. The molecule has 0 unspecified atom stereocenters. The second kappa shape index (κ2) is 7.20. The number of pyridine rings is 1. The van der Waals surface area contributed by atoms with E-state index in [0.29, 0.717) is 16.9 Å². The van der Waals surface area contributed by atoms with Crippen LogP contribution in [0.4, 0.5) is 18.9 Å². The van der Waals surface area contributed by atoms with E-state index in [-0.39, 0.29) is 24.8 Å². The van der Waals surface area contributed by atoms with E-state index in [4.69, 9.17) is 0 Å². The van der Waals surface area contributed by atoms with Gasteiger partial charge in [-0.25, -0.2) is 0 Å². The maximum absolute atomic E-state index is 13.0. The van der Waals surface area contributed by atoms with Crippen LogP contribution in [0.25, 0.3) is 10.9 Å². The fraction of sp³-hybridized carbons (Fsp3) is 0.316. The van der Waals surface area contributed by atoms with E-state index in [1.807, 2.05) is 12.1 Å². The van der Waals surface area contributed by atoms with Crippen molar-refractivity contribution in [2.75, 3.05) is 5.32 Å². The zero-order chi connectivity index (χ0) is 19.9. The number of nitrogens with zero attached hydrogens (tertiary/aromatic N) is 3. The number of aryl methyl sites for hydroxylation is 1. The molecule has 1 amide bonds. The molecule has 0 saturated heterocycles. The van der Waals surface area contributed by atoms with Gasteiger partial charge in [-0.1, -0.05) is 22.0 Å². The lowest BCUT2D eigenvalue weighted by molar-refractivity contribution is -0.141. The van der Waals surface area contributed by atoms with E-state index in [1.54, 1.807) is 18.3 Å². The summed E-state index contributed by atoms with van der Waals surface area (Å²) in [4.78, 5) is 16.7. The summed E-state index contributed by atoms with van der Waals surface area (Å²) in [5.74, 6) is -0.202. The number of hydrogen-bond acceptors (Lipinski definition) is 3. The standard InChI is InChI=1S/C19H16BrF3N4O/c20-13-5-6-14(18-12(13)2-1-8-24-18)25-17(28)7-9-27-15(11-3-4-11)10-16(26-27)19(21,22)23/h1-2,5-6,8,10-11H,3-4,7,9H2,(H,25,28). The van der Waals surface area contributed by atoms with Crippen LogP contribution in [-0.4, -0.2) is 20.7 Å². The predicted molar refractivity (Wildman–Crippen MR) is 102 cm³/mol. The summed E-state index contributed by atoms with van der Waals surface area (Å²) in [6.45, 7) is 0.0929. The summed E-state index contributed by atoms with van der Waals surface area (Å²) in [5.41, 5.74) is 0.846. The van der Waals surface area contributed by atoms with Crippen LogP contribution < -0.4 is 5.32 Å². The van der Waals surface area contributed by atoms with Crippen molar-refractivity contribution in [3.05, 3.63) is 52.4 Å². The molecule has 0 spiro atoms. The molecular weight excluding hydrogens is 437 g/mol. The van der Waals surface area contributed by atoms with Gasteiger partial charge in [-0.2, -0.15) is 18.3 Å². The molecule has 0 bridgehead atoms. The van der Waals surface area contributed by atoms with Gasteiger partial charge in [0.1, 0.15) is 0 Å². The van der Waals surface area contributed by atoms with Crippen LogP contribution in [0.5, 0.6) is 0 Å². The summed E-state index contributed by atoms with van der Waals surface area (Å²) in [6.07, 6.45) is -1.13. The number of anilines is 1. The zero-order valence-corrected chi connectivity index (χ0v) is 16.2. The molecule has 2 heterocycles. The maximum Gasteiger partial charge on any atom is 0.435 e. The van der Waals surface area contributed by atoms with E-state index in [9.17, 15) is 18.0 Å². The van der Waals surface area contributed by atoms with Gasteiger partial charge in [0.2, 0.25) is 5.91 Å². The highest BCUT2D eigenvalue weighted by atomic mass is 79.9. The van der Waals surface area contributed by atoms with Crippen molar-refractivity contribution in [2.45, 2.75) is 37.9 Å². The fourth-order valence-electron chi connectivity index (χ4n) is 3.12. The van der Waals surface area contributed by atoms with Crippen LogP contribution in [-0.2, 0) is 17.5 Å². The number of halogens is 4. The molecule has 0 radical (unpaired) electrons. The average molecular weight is 453 g/mol. The highest BCUT2D eigenvalue weighted by molar-refractivity contribution is 9.10. The summed E-state index contributed by atoms with van der Waals surface area (Å²) in [5, 5.41) is 7.33. The Bertz CT molecular complexity index is 1040. The minimum Gasteiger partial charge on any atom is -0.324 e. The number of alkyl halides is 3. The molecule has 0 atom stereocenters. The molecule has 28 heavy (non-hydrogen) atoms. The predicted octanol–water partition coefficient (Wildman–Crippen LogP) is 5.12. The summed E-state index contributed by atoms with van der Waals surface area (Å²) in [6, 6.07) is 8.33. The van der Waals surface area contributed by atoms with E-state index < -0.39 is 11.9 Å². The van der Waals surface area contributed by atoms with E-state index in [0.717, 1.165) is 28.8 Å². The number of aromatic nitrogens is 3. The molecule has 1 N–H and O–H groups in total. The van der Waals surface area contributed by atoms with Crippen molar-refractivity contribution in [2.24, 2.45) is 0 Å². The number of carbonyl (C=O) groups excluding carboxylic acids is 1. The lowest BCUT2D eigenvalue weighted by atomic mass is 10.2. The van der Waals surface area contributed by atoms with Gasteiger partial charge in [0.15, 0.2) is 5.69 Å². The highest BCUT2D eigenvalue weighted by Gasteiger charge is 2.37. The Hall–Kier alpha value is -2.42. The topological polar surface area (TPSA) is 59.8 Å². The second-order valence-electron chi connectivity index (χ2n) is 6.74. The third-order valence-corrected chi connectivity index (χ3v) is 5.33. The molecule has 9 heteroatoms. The van der Waals surface area contributed by atoms with Gasteiger partial charge < -0.3 is 5.32 Å². The lowest BCUT2D eigenvalue weighted by Crippen LogP contribution is -2.17. The molecule has 5 nitrogen and oxygen atoms in total. The van der Waals surface area contributed by atoms with Gasteiger partial charge in [-0.3, -0.25) is 14.5 Å². The SMILES string of the molecule is O=C(CCn1nc(C(F)(F)F)cc1C1CC1)Nc1ccc(Br)c2cccnc12. The molecular formula is C19H16BrF3N4O. The monoisotopic (exact) mass is 452 g/mol. The molecule has 0 aliphatic heterocycles. The lowest BCUT2D eigenvalue weighted by Gasteiger charge is -2.10.